The Hall–Kier alpha value is -2.62. The third-order valence-corrected chi connectivity index (χ3v) is 8.12. The first-order chi connectivity index (χ1) is 16.6. The molecule has 2 unspecified atom stereocenters. The number of carbonyl (C=O) groups excluding carboxylic acids is 1. The number of aromatic nitrogens is 3. The van der Waals surface area contributed by atoms with E-state index >= 15 is 4.39 Å². The maximum atomic E-state index is 15.4. The number of amides is 1. The van der Waals surface area contributed by atoms with E-state index in [1.54, 1.807) is 29.2 Å². The lowest BCUT2D eigenvalue weighted by Crippen LogP contribution is -2.47. The Balaban J connectivity index is 1.58. The summed E-state index contributed by atoms with van der Waals surface area (Å²) in [5, 5.41) is 4.61. The number of pyridine rings is 1. The molecular formula is C25H29ClF2N4O2Si. The molecule has 2 atom stereocenters. The standard InChI is InChI=1S/C25H29ClF2N4O2Si/c1-35(2,3)13-12-34-16-32-23(15-22(30-32)17-6-9-29-10-7-17)31-11-8-19(24(28)25(31)33)18-4-5-20(26)21(27)14-18/h4-7,9-10,14-15,19,24H,8,11-13,16H2,1-3H3. The first kappa shape index (κ1) is 25.5. The van der Waals surface area contributed by atoms with Gasteiger partial charge in [-0.05, 0) is 42.3 Å². The number of anilines is 1. The van der Waals surface area contributed by atoms with Crippen LogP contribution in [0.15, 0.2) is 48.8 Å². The molecule has 35 heavy (non-hydrogen) atoms. The van der Waals surface area contributed by atoms with Crippen molar-refractivity contribution in [3.63, 3.8) is 0 Å². The van der Waals surface area contributed by atoms with Crippen LogP contribution in [0.5, 0.6) is 0 Å². The molecule has 3 heterocycles. The Labute approximate surface area is 209 Å². The molecule has 1 aliphatic rings. The molecule has 10 heteroatoms. The zero-order valence-electron chi connectivity index (χ0n) is 20.0. The molecule has 1 aliphatic heterocycles. The second-order valence-corrected chi connectivity index (χ2v) is 16.0. The number of rotatable bonds is 8. The topological polar surface area (TPSA) is 60.2 Å². The number of alkyl halides is 1. The molecule has 0 bridgehead atoms. The van der Waals surface area contributed by atoms with E-state index in [0.29, 0.717) is 30.1 Å². The molecule has 0 spiro atoms. The van der Waals surface area contributed by atoms with E-state index < -0.39 is 31.9 Å². The van der Waals surface area contributed by atoms with Gasteiger partial charge >= 0.3 is 0 Å². The quantitative estimate of drug-likeness (QED) is 0.275. The summed E-state index contributed by atoms with van der Waals surface area (Å²) in [4.78, 5) is 18.6. The third-order valence-electron chi connectivity index (χ3n) is 6.11. The minimum Gasteiger partial charge on any atom is -0.359 e. The van der Waals surface area contributed by atoms with Crippen LogP contribution in [0.4, 0.5) is 14.6 Å². The molecule has 6 nitrogen and oxygen atoms in total. The Bertz CT molecular complexity index is 1190. The summed E-state index contributed by atoms with van der Waals surface area (Å²) in [5.74, 6) is -1.57. The molecule has 0 aliphatic carbocycles. The number of benzene rings is 1. The van der Waals surface area contributed by atoms with Gasteiger partial charge in [0.15, 0.2) is 6.17 Å². The first-order valence-electron chi connectivity index (χ1n) is 11.6. The number of nitrogens with zero attached hydrogens (tertiary/aromatic N) is 4. The predicted octanol–water partition coefficient (Wildman–Crippen LogP) is 5.91. The van der Waals surface area contributed by atoms with Crippen LogP contribution in [0.2, 0.25) is 30.7 Å². The maximum absolute atomic E-state index is 15.4. The van der Waals surface area contributed by atoms with Crippen LogP contribution in [-0.2, 0) is 16.3 Å². The van der Waals surface area contributed by atoms with Gasteiger partial charge in [-0.2, -0.15) is 5.10 Å². The van der Waals surface area contributed by atoms with E-state index in [9.17, 15) is 9.18 Å². The Morgan fingerprint density at radius 3 is 2.60 bits per heavy atom. The van der Waals surface area contributed by atoms with E-state index in [4.69, 9.17) is 16.3 Å². The summed E-state index contributed by atoms with van der Waals surface area (Å²) in [6.07, 6.45) is 1.85. The monoisotopic (exact) mass is 518 g/mol. The summed E-state index contributed by atoms with van der Waals surface area (Å²) in [7, 11) is -1.27. The molecule has 0 radical (unpaired) electrons. The summed E-state index contributed by atoms with van der Waals surface area (Å²) in [6, 6.07) is 10.6. The first-order valence-corrected chi connectivity index (χ1v) is 15.7. The van der Waals surface area contributed by atoms with Gasteiger partial charge in [-0.1, -0.05) is 37.3 Å². The van der Waals surface area contributed by atoms with E-state index in [0.717, 1.165) is 11.6 Å². The van der Waals surface area contributed by atoms with Crippen LogP contribution in [-0.4, -0.2) is 48.1 Å². The summed E-state index contributed by atoms with van der Waals surface area (Å²) in [6.45, 7) is 7.82. The zero-order valence-corrected chi connectivity index (χ0v) is 21.8. The van der Waals surface area contributed by atoms with Crippen LogP contribution in [0, 0.1) is 5.82 Å². The van der Waals surface area contributed by atoms with Crippen molar-refractivity contribution in [2.75, 3.05) is 18.1 Å². The Kier molecular flexibility index (Phi) is 7.68. The van der Waals surface area contributed by atoms with Gasteiger partial charge in [0.2, 0.25) is 0 Å². The van der Waals surface area contributed by atoms with Crippen molar-refractivity contribution >= 4 is 31.4 Å². The third kappa shape index (κ3) is 5.96. The number of hydrogen-bond donors (Lipinski definition) is 0. The van der Waals surface area contributed by atoms with Gasteiger partial charge in [0.05, 0.1) is 10.7 Å². The second kappa shape index (κ2) is 10.6. The van der Waals surface area contributed by atoms with Crippen molar-refractivity contribution in [2.45, 2.75) is 50.9 Å². The van der Waals surface area contributed by atoms with Gasteiger partial charge in [0.25, 0.3) is 5.91 Å². The number of halogens is 3. The van der Waals surface area contributed by atoms with E-state index in [1.165, 1.54) is 17.0 Å². The molecule has 0 N–H and O–H groups in total. The summed E-state index contributed by atoms with van der Waals surface area (Å²) >= 11 is 5.77. The molecule has 1 aromatic carbocycles. The smallest absolute Gasteiger partial charge is 0.263 e. The fraction of sp³-hybridized carbons (Fsp3) is 0.400. The van der Waals surface area contributed by atoms with Crippen LogP contribution in [0.1, 0.15) is 17.9 Å². The van der Waals surface area contributed by atoms with E-state index in [2.05, 4.69) is 29.7 Å². The van der Waals surface area contributed by atoms with Crippen LogP contribution < -0.4 is 4.90 Å². The lowest BCUT2D eigenvalue weighted by molar-refractivity contribution is -0.125. The molecule has 0 saturated carbocycles. The Morgan fingerprint density at radius 2 is 1.91 bits per heavy atom. The highest BCUT2D eigenvalue weighted by Crippen LogP contribution is 2.36. The lowest BCUT2D eigenvalue weighted by Gasteiger charge is -2.34. The van der Waals surface area contributed by atoms with Crippen molar-refractivity contribution in [1.29, 1.82) is 0 Å². The molecular weight excluding hydrogens is 490 g/mol. The van der Waals surface area contributed by atoms with Crippen molar-refractivity contribution in [3.05, 3.63) is 65.2 Å². The number of carbonyl (C=O) groups is 1. The van der Waals surface area contributed by atoms with Gasteiger partial charge in [-0.25, -0.2) is 13.5 Å². The molecule has 2 aromatic heterocycles. The second-order valence-electron chi connectivity index (χ2n) is 9.93. The minimum absolute atomic E-state index is 0.0328. The average Bonchev–Trinajstić information content (AvgIpc) is 3.24. The van der Waals surface area contributed by atoms with Gasteiger partial charge < -0.3 is 4.74 Å². The van der Waals surface area contributed by atoms with Gasteiger partial charge in [0, 0.05) is 51.2 Å². The highest BCUT2D eigenvalue weighted by Gasteiger charge is 2.39. The predicted molar refractivity (Wildman–Crippen MR) is 136 cm³/mol. The fourth-order valence-electron chi connectivity index (χ4n) is 4.06. The Morgan fingerprint density at radius 1 is 1.17 bits per heavy atom. The van der Waals surface area contributed by atoms with Crippen molar-refractivity contribution in [3.8, 4) is 11.3 Å². The summed E-state index contributed by atoms with van der Waals surface area (Å²) in [5.41, 5.74) is 1.90. The normalized spacial score (nSPS) is 18.8. The van der Waals surface area contributed by atoms with Crippen molar-refractivity contribution in [1.82, 2.24) is 14.8 Å². The molecule has 1 saturated heterocycles. The highest BCUT2D eigenvalue weighted by molar-refractivity contribution is 6.76. The largest absolute Gasteiger partial charge is 0.359 e. The van der Waals surface area contributed by atoms with Gasteiger partial charge in [-0.15, -0.1) is 0 Å². The van der Waals surface area contributed by atoms with Gasteiger partial charge in [-0.3, -0.25) is 14.7 Å². The summed E-state index contributed by atoms with van der Waals surface area (Å²) < 4.78 is 36.8. The van der Waals surface area contributed by atoms with Gasteiger partial charge in [0.1, 0.15) is 18.4 Å². The number of hydrogen-bond acceptors (Lipinski definition) is 4. The van der Waals surface area contributed by atoms with Crippen molar-refractivity contribution < 1.29 is 18.3 Å². The van der Waals surface area contributed by atoms with E-state index in [1.807, 2.05) is 12.1 Å². The fourth-order valence-corrected chi connectivity index (χ4v) is 4.94. The SMILES string of the molecule is C[Si](C)(C)CCOCn1nc(-c2ccncc2)cc1N1CCC(c2ccc(Cl)c(F)c2)C(F)C1=O. The maximum Gasteiger partial charge on any atom is 0.263 e. The highest BCUT2D eigenvalue weighted by atomic mass is 35.5. The lowest BCUT2D eigenvalue weighted by atomic mass is 9.87. The molecule has 186 valence electrons. The average molecular weight is 519 g/mol. The zero-order chi connectivity index (χ0) is 25.2. The van der Waals surface area contributed by atoms with E-state index in [-0.39, 0.29) is 18.3 Å². The van der Waals surface area contributed by atoms with Crippen LogP contribution >= 0.6 is 11.6 Å². The molecule has 4 rings (SSSR count). The van der Waals surface area contributed by atoms with Crippen LogP contribution in [0.3, 0.4) is 0 Å². The van der Waals surface area contributed by atoms with Crippen LogP contribution in [0.25, 0.3) is 11.3 Å². The number of piperidine rings is 1. The minimum atomic E-state index is -1.81. The van der Waals surface area contributed by atoms with Crippen molar-refractivity contribution in [2.24, 2.45) is 0 Å². The molecule has 3 aromatic rings. The molecule has 1 amide bonds. The molecule has 1 fully saturated rings. The number of ether oxygens (including phenoxy) is 1.